The van der Waals surface area contributed by atoms with E-state index in [0.717, 1.165) is 5.56 Å². The fourth-order valence-electron chi connectivity index (χ4n) is 2.29. The number of hydrazine groups is 1. The first-order valence-electron chi connectivity index (χ1n) is 7.84. The molecule has 7 heteroatoms. The lowest BCUT2D eigenvalue weighted by Crippen LogP contribution is -2.32. The van der Waals surface area contributed by atoms with Crippen LogP contribution in [0.2, 0.25) is 5.02 Å². The Balaban J connectivity index is 1.59. The highest BCUT2D eigenvalue weighted by atomic mass is 35.5. The van der Waals surface area contributed by atoms with E-state index in [9.17, 15) is 9.59 Å². The zero-order chi connectivity index (χ0) is 18.4. The fourth-order valence-corrected chi connectivity index (χ4v) is 2.52. The summed E-state index contributed by atoms with van der Waals surface area (Å²) in [7, 11) is 0. The van der Waals surface area contributed by atoms with Crippen LogP contribution >= 0.6 is 11.6 Å². The van der Waals surface area contributed by atoms with E-state index in [0.29, 0.717) is 16.3 Å². The maximum atomic E-state index is 12.2. The number of amides is 1. The Hall–Kier alpha value is -3.25. The van der Waals surface area contributed by atoms with Gasteiger partial charge in [0.05, 0.1) is 0 Å². The van der Waals surface area contributed by atoms with Gasteiger partial charge >= 0.3 is 6.09 Å². The van der Waals surface area contributed by atoms with Gasteiger partial charge in [-0.25, -0.2) is 10.2 Å². The lowest BCUT2D eigenvalue weighted by atomic mass is 10.1. The van der Waals surface area contributed by atoms with E-state index in [2.05, 4.69) is 15.8 Å². The molecule has 1 heterocycles. The number of H-pyrrole nitrogens is 1. The van der Waals surface area contributed by atoms with E-state index in [1.165, 1.54) is 0 Å². The van der Waals surface area contributed by atoms with Gasteiger partial charge in [-0.1, -0.05) is 60.1 Å². The molecule has 0 spiro atoms. The minimum Gasteiger partial charge on any atom is -0.443 e. The maximum Gasteiger partial charge on any atom is 0.426 e. The average molecular weight is 370 g/mol. The van der Waals surface area contributed by atoms with Gasteiger partial charge < -0.3 is 9.72 Å². The normalized spacial score (nSPS) is 10.2. The van der Waals surface area contributed by atoms with Gasteiger partial charge in [-0.15, -0.1) is 0 Å². The molecular weight excluding hydrogens is 354 g/mol. The molecule has 1 amide bonds. The van der Waals surface area contributed by atoms with Crippen molar-refractivity contribution >= 4 is 23.4 Å². The number of ether oxygens (including phenoxy) is 1. The summed E-state index contributed by atoms with van der Waals surface area (Å²) in [5.41, 5.74) is 6.81. The van der Waals surface area contributed by atoms with Crippen molar-refractivity contribution < 1.29 is 9.53 Å². The number of halogens is 1. The topological polar surface area (TPSA) is 83.2 Å². The Morgan fingerprint density at radius 3 is 2.46 bits per heavy atom. The number of nitrogens with one attached hydrogen (secondary N) is 3. The Labute approximate surface area is 154 Å². The van der Waals surface area contributed by atoms with Gasteiger partial charge in [0, 0.05) is 16.3 Å². The second-order valence-electron chi connectivity index (χ2n) is 5.41. The quantitative estimate of drug-likeness (QED) is 0.595. The summed E-state index contributed by atoms with van der Waals surface area (Å²) in [6.45, 7) is 0.135. The highest BCUT2D eigenvalue weighted by Gasteiger charge is 2.07. The predicted octanol–water partition coefficient (Wildman–Crippen LogP) is 3.95. The number of hydrogen-bond acceptors (Lipinski definition) is 4. The molecular formula is C19H16ClN3O3. The molecule has 132 valence electrons. The Morgan fingerprint density at radius 1 is 1.00 bits per heavy atom. The first kappa shape index (κ1) is 17.6. The first-order chi connectivity index (χ1) is 12.6. The van der Waals surface area contributed by atoms with Crippen molar-refractivity contribution in [2.24, 2.45) is 0 Å². The molecule has 0 fully saturated rings. The van der Waals surface area contributed by atoms with Gasteiger partial charge in [0.15, 0.2) is 0 Å². The van der Waals surface area contributed by atoms with Crippen molar-refractivity contribution in [3.8, 4) is 11.3 Å². The molecule has 0 bridgehead atoms. The van der Waals surface area contributed by atoms with Crippen LogP contribution in [0.5, 0.6) is 0 Å². The largest absolute Gasteiger partial charge is 0.443 e. The lowest BCUT2D eigenvalue weighted by Gasteiger charge is -2.10. The Morgan fingerprint density at radius 2 is 1.73 bits per heavy atom. The smallest absolute Gasteiger partial charge is 0.426 e. The zero-order valence-electron chi connectivity index (χ0n) is 13.7. The van der Waals surface area contributed by atoms with Crippen LogP contribution in [0.25, 0.3) is 11.3 Å². The van der Waals surface area contributed by atoms with E-state index >= 15 is 0 Å². The maximum absolute atomic E-state index is 12.2. The van der Waals surface area contributed by atoms with Crippen LogP contribution < -0.4 is 16.4 Å². The molecule has 0 aliphatic carbocycles. The summed E-state index contributed by atoms with van der Waals surface area (Å²) in [6, 6.07) is 19.7. The summed E-state index contributed by atoms with van der Waals surface area (Å²) >= 11 is 6.13. The molecule has 0 unspecified atom stereocenters. The molecule has 0 aliphatic rings. The summed E-state index contributed by atoms with van der Waals surface area (Å²) in [5, 5.41) is 0.534. The van der Waals surface area contributed by atoms with E-state index in [1.54, 1.807) is 24.3 Å². The van der Waals surface area contributed by atoms with E-state index < -0.39 is 11.7 Å². The second-order valence-corrected chi connectivity index (χ2v) is 5.81. The van der Waals surface area contributed by atoms with Gasteiger partial charge in [-0.3, -0.25) is 10.2 Å². The van der Waals surface area contributed by atoms with Gasteiger partial charge in [0.1, 0.15) is 12.3 Å². The number of aromatic amines is 1. The minimum absolute atomic E-state index is 0.135. The number of anilines is 1. The number of carbonyl (C=O) groups is 1. The molecule has 0 atom stereocenters. The van der Waals surface area contributed by atoms with E-state index in [-0.39, 0.29) is 12.3 Å². The summed E-state index contributed by atoms with van der Waals surface area (Å²) in [4.78, 5) is 26.6. The van der Waals surface area contributed by atoms with E-state index in [1.807, 2.05) is 42.5 Å². The molecule has 0 radical (unpaired) electrons. The van der Waals surface area contributed by atoms with Crippen LogP contribution in [0.1, 0.15) is 5.56 Å². The number of rotatable bonds is 5. The summed E-state index contributed by atoms with van der Waals surface area (Å²) in [5.74, 6) is 0. The van der Waals surface area contributed by atoms with Gasteiger partial charge in [-0.2, -0.15) is 0 Å². The highest BCUT2D eigenvalue weighted by molar-refractivity contribution is 6.33. The zero-order valence-corrected chi connectivity index (χ0v) is 14.4. The van der Waals surface area contributed by atoms with Gasteiger partial charge in [0.2, 0.25) is 0 Å². The van der Waals surface area contributed by atoms with Gasteiger partial charge in [0.25, 0.3) is 5.56 Å². The average Bonchev–Trinajstić information content (AvgIpc) is 2.66. The molecule has 3 aromatic rings. The van der Waals surface area contributed by atoms with Crippen LogP contribution in [0.3, 0.4) is 0 Å². The summed E-state index contributed by atoms with van der Waals surface area (Å²) in [6.07, 6.45) is -0.691. The fraction of sp³-hybridized carbons (Fsp3) is 0.0526. The molecule has 0 saturated heterocycles. The SMILES string of the molecule is O=C(NNc1ccc(-c2ccccc2Cl)[nH]c1=O)OCc1ccccc1. The number of pyridine rings is 1. The number of carbonyl (C=O) groups excluding carboxylic acids is 1. The minimum atomic E-state index is -0.691. The standard InChI is InChI=1S/C19H16ClN3O3/c20-15-9-5-4-8-14(15)16-10-11-17(18(24)21-16)22-23-19(25)26-12-13-6-2-1-3-7-13/h1-11,22H,12H2,(H,21,24)(H,23,25). The Kier molecular flexibility index (Phi) is 5.56. The van der Waals surface area contributed by atoms with Crippen molar-refractivity contribution in [3.05, 3.63) is 87.7 Å². The van der Waals surface area contributed by atoms with Crippen molar-refractivity contribution in [2.45, 2.75) is 6.61 Å². The molecule has 2 aromatic carbocycles. The van der Waals surface area contributed by atoms with Crippen molar-refractivity contribution in [1.29, 1.82) is 0 Å². The predicted molar refractivity (Wildman–Crippen MR) is 101 cm³/mol. The van der Waals surface area contributed by atoms with Crippen molar-refractivity contribution in [3.63, 3.8) is 0 Å². The molecule has 6 nitrogen and oxygen atoms in total. The van der Waals surface area contributed by atoms with Crippen LogP contribution in [-0.2, 0) is 11.3 Å². The van der Waals surface area contributed by atoms with Crippen LogP contribution in [-0.4, -0.2) is 11.1 Å². The third kappa shape index (κ3) is 4.43. The number of hydrogen-bond donors (Lipinski definition) is 3. The summed E-state index contributed by atoms with van der Waals surface area (Å²) < 4.78 is 5.06. The second kappa shape index (κ2) is 8.22. The van der Waals surface area contributed by atoms with Crippen LogP contribution in [0.4, 0.5) is 10.5 Å². The van der Waals surface area contributed by atoms with Gasteiger partial charge in [-0.05, 0) is 23.8 Å². The molecule has 3 rings (SSSR count). The van der Waals surface area contributed by atoms with E-state index in [4.69, 9.17) is 16.3 Å². The third-order valence-electron chi connectivity index (χ3n) is 3.59. The van der Waals surface area contributed by atoms with Crippen LogP contribution in [0, 0.1) is 0 Å². The van der Waals surface area contributed by atoms with Crippen molar-refractivity contribution in [1.82, 2.24) is 10.4 Å². The lowest BCUT2D eigenvalue weighted by molar-refractivity contribution is 0.142. The van der Waals surface area contributed by atoms with Crippen molar-refractivity contribution in [2.75, 3.05) is 5.43 Å². The highest BCUT2D eigenvalue weighted by Crippen LogP contribution is 2.25. The number of benzene rings is 2. The number of aromatic nitrogens is 1. The molecule has 3 N–H and O–H groups in total. The van der Waals surface area contributed by atoms with Crippen LogP contribution in [0.15, 0.2) is 71.5 Å². The third-order valence-corrected chi connectivity index (χ3v) is 3.92. The Bertz CT molecular complexity index is 957. The first-order valence-corrected chi connectivity index (χ1v) is 8.22. The molecule has 0 saturated carbocycles. The molecule has 0 aliphatic heterocycles. The molecule has 1 aromatic heterocycles. The monoisotopic (exact) mass is 369 g/mol. The molecule has 26 heavy (non-hydrogen) atoms.